The quantitative estimate of drug-likeness (QED) is 0.342. The largest absolute Gasteiger partial charge is 0.465 e. The third kappa shape index (κ3) is 5.29. The van der Waals surface area contributed by atoms with E-state index in [4.69, 9.17) is 12.2 Å². The van der Waals surface area contributed by atoms with Gasteiger partial charge in [0.2, 0.25) is 0 Å². The first-order chi connectivity index (χ1) is 18.0. The summed E-state index contributed by atoms with van der Waals surface area (Å²) in [5.41, 5.74) is 4.21. The highest BCUT2D eigenvalue weighted by atomic mass is 32.1. The Bertz CT molecular complexity index is 1290. The summed E-state index contributed by atoms with van der Waals surface area (Å²) < 4.78 is 0. The molecule has 0 radical (unpaired) electrons. The van der Waals surface area contributed by atoms with E-state index in [0.29, 0.717) is 4.99 Å². The Morgan fingerprint density at radius 3 is 1.92 bits per heavy atom. The molecule has 4 rings (SSSR count). The van der Waals surface area contributed by atoms with Gasteiger partial charge in [-0.25, -0.2) is 4.79 Å². The van der Waals surface area contributed by atoms with Gasteiger partial charge in [-0.05, 0) is 54.2 Å². The van der Waals surface area contributed by atoms with Crippen LogP contribution in [-0.4, -0.2) is 52.2 Å². The van der Waals surface area contributed by atoms with Crippen LogP contribution >= 0.6 is 12.2 Å². The summed E-state index contributed by atoms with van der Waals surface area (Å²) in [4.78, 5) is 29.5. The Morgan fingerprint density at radius 2 is 1.42 bits per heavy atom. The van der Waals surface area contributed by atoms with Gasteiger partial charge >= 0.3 is 6.09 Å². The molecule has 0 aromatic heterocycles. The number of para-hydroxylation sites is 1. The lowest BCUT2D eigenvalue weighted by Gasteiger charge is -2.38. The number of nitrogens with one attached hydrogen (secondary N) is 1. The molecule has 7 heteroatoms. The van der Waals surface area contributed by atoms with Gasteiger partial charge in [0.25, 0.3) is 5.91 Å². The number of thiocarbonyl (C=S) groups is 1. The number of carbonyl (C=O) groups is 2. The van der Waals surface area contributed by atoms with Gasteiger partial charge in [0, 0.05) is 25.2 Å². The molecule has 0 unspecified atom stereocenters. The monoisotopic (exact) mass is 529 g/mol. The SMILES string of the molecule is CC(C)[C@@H](C(=S)NC(C)(C)C(=O)N(C)c1ccccc1)N(CC1c2ccccc2-c2ccccc21)C(=O)O. The standard InChI is InChI=1S/C31H35N3O3S/c1-20(2)27(28(38)32-31(3,4)29(35)33(5)21-13-7-6-8-14-21)34(30(36)37)19-26-24-17-11-9-15-22(24)23-16-10-12-18-25(23)26/h6-18,20,26-27H,19H2,1-5H3,(H,32,38)(H,36,37)/t27-/m0/s1. The topological polar surface area (TPSA) is 72.9 Å². The van der Waals surface area contributed by atoms with Crippen molar-refractivity contribution in [1.29, 1.82) is 0 Å². The molecule has 6 nitrogen and oxygen atoms in total. The fourth-order valence-electron chi connectivity index (χ4n) is 5.39. The molecule has 1 aliphatic rings. The molecule has 2 amide bonds. The summed E-state index contributed by atoms with van der Waals surface area (Å²) in [7, 11) is 1.72. The van der Waals surface area contributed by atoms with E-state index >= 15 is 0 Å². The Hall–Kier alpha value is -3.71. The van der Waals surface area contributed by atoms with E-state index < -0.39 is 17.7 Å². The molecule has 0 aliphatic heterocycles. The number of carboxylic acid groups (broad SMARTS) is 1. The Labute approximate surface area is 230 Å². The highest BCUT2D eigenvalue weighted by Gasteiger charge is 2.39. The molecule has 3 aromatic rings. The Balaban J connectivity index is 1.60. The predicted molar refractivity (Wildman–Crippen MR) is 157 cm³/mol. The third-order valence-corrected chi connectivity index (χ3v) is 7.59. The smallest absolute Gasteiger partial charge is 0.407 e. The zero-order valence-electron chi connectivity index (χ0n) is 22.5. The number of amides is 2. The molecule has 1 aliphatic carbocycles. The molecule has 0 spiro atoms. The zero-order valence-corrected chi connectivity index (χ0v) is 23.3. The summed E-state index contributed by atoms with van der Waals surface area (Å²) in [5.74, 6) is -0.397. The molecule has 1 atom stereocenters. The number of benzene rings is 3. The highest BCUT2D eigenvalue weighted by molar-refractivity contribution is 7.80. The van der Waals surface area contributed by atoms with Crippen molar-refractivity contribution in [2.45, 2.75) is 45.2 Å². The molecule has 0 saturated heterocycles. The predicted octanol–water partition coefficient (Wildman–Crippen LogP) is 6.16. The lowest BCUT2D eigenvalue weighted by atomic mass is 9.93. The molecule has 198 valence electrons. The summed E-state index contributed by atoms with van der Waals surface area (Å²) in [5, 5.41) is 13.6. The molecule has 0 heterocycles. The average molecular weight is 530 g/mol. The molecular weight excluding hydrogens is 494 g/mol. The Kier molecular flexibility index (Phi) is 7.88. The number of likely N-dealkylation sites (N-methyl/N-ethyl adjacent to an activating group) is 1. The van der Waals surface area contributed by atoms with Crippen molar-refractivity contribution in [2.24, 2.45) is 5.92 Å². The van der Waals surface area contributed by atoms with Crippen LogP contribution in [0.3, 0.4) is 0 Å². The molecule has 0 saturated carbocycles. The number of hydrogen-bond donors (Lipinski definition) is 2. The lowest BCUT2D eigenvalue weighted by molar-refractivity contribution is -0.122. The van der Waals surface area contributed by atoms with Gasteiger partial charge in [-0.15, -0.1) is 0 Å². The van der Waals surface area contributed by atoms with Gasteiger partial charge in [0.15, 0.2) is 0 Å². The van der Waals surface area contributed by atoms with E-state index in [1.165, 1.54) is 4.90 Å². The van der Waals surface area contributed by atoms with E-state index in [9.17, 15) is 14.7 Å². The number of rotatable bonds is 8. The average Bonchev–Trinajstić information content (AvgIpc) is 3.21. The highest BCUT2D eigenvalue weighted by Crippen LogP contribution is 2.45. The first-order valence-electron chi connectivity index (χ1n) is 12.9. The van der Waals surface area contributed by atoms with Crippen molar-refractivity contribution in [3.63, 3.8) is 0 Å². The van der Waals surface area contributed by atoms with Crippen molar-refractivity contribution < 1.29 is 14.7 Å². The van der Waals surface area contributed by atoms with Crippen LogP contribution in [0.1, 0.15) is 44.7 Å². The number of fused-ring (bicyclic) bond motifs is 3. The van der Waals surface area contributed by atoms with Crippen molar-refractivity contribution in [3.05, 3.63) is 90.0 Å². The van der Waals surface area contributed by atoms with Crippen molar-refractivity contribution in [2.75, 3.05) is 18.5 Å². The van der Waals surface area contributed by atoms with E-state index in [2.05, 4.69) is 29.6 Å². The van der Waals surface area contributed by atoms with E-state index in [1.807, 2.05) is 68.4 Å². The van der Waals surface area contributed by atoms with Crippen LogP contribution in [0.5, 0.6) is 0 Å². The van der Waals surface area contributed by atoms with E-state index in [0.717, 1.165) is 27.9 Å². The fourth-order valence-corrected chi connectivity index (χ4v) is 6.05. The summed E-state index contributed by atoms with van der Waals surface area (Å²) in [6, 6.07) is 25.1. The minimum absolute atomic E-state index is 0.110. The minimum Gasteiger partial charge on any atom is -0.465 e. The molecule has 0 fully saturated rings. The second kappa shape index (κ2) is 11.0. The minimum atomic E-state index is -1.05. The first kappa shape index (κ1) is 27.3. The molecule has 38 heavy (non-hydrogen) atoms. The number of hydrogen-bond acceptors (Lipinski definition) is 3. The van der Waals surface area contributed by atoms with Gasteiger partial charge in [-0.3, -0.25) is 9.69 Å². The second-order valence-electron chi connectivity index (χ2n) is 10.7. The lowest BCUT2D eigenvalue weighted by Crippen LogP contribution is -2.60. The van der Waals surface area contributed by atoms with Gasteiger partial charge in [-0.1, -0.05) is 92.8 Å². The fraction of sp³-hybridized carbons (Fsp3) is 0.323. The van der Waals surface area contributed by atoms with Gasteiger partial charge in [0.1, 0.15) is 5.54 Å². The zero-order chi connectivity index (χ0) is 27.6. The van der Waals surface area contributed by atoms with Crippen molar-refractivity contribution in [1.82, 2.24) is 10.2 Å². The van der Waals surface area contributed by atoms with Crippen LogP contribution in [0, 0.1) is 5.92 Å². The summed E-state index contributed by atoms with van der Waals surface area (Å²) in [6.07, 6.45) is -1.04. The van der Waals surface area contributed by atoms with Gasteiger partial charge in [-0.2, -0.15) is 0 Å². The van der Waals surface area contributed by atoms with Crippen LogP contribution in [0.2, 0.25) is 0 Å². The third-order valence-electron chi connectivity index (χ3n) is 7.24. The maximum absolute atomic E-state index is 13.4. The Morgan fingerprint density at radius 1 is 0.921 bits per heavy atom. The maximum atomic E-state index is 13.4. The van der Waals surface area contributed by atoms with Crippen LogP contribution < -0.4 is 10.2 Å². The normalized spacial score (nSPS) is 13.4. The van der Waals surface area contributed by atoms with Crippen molar-refractivity contribution in [3.8, 4) is 11.1 Å². The molecule has 3 aromatic carbocycles. The van der Waals surface area contributed by atoms with E-state index in [-0.39, 0.29) is 24.3 Å². The summed E-state index contributed by atoms with van der Waals surface area (Å²) in [6.45, 7) is 7.71. The maximum Gasteiger partial charge on any atom is 0.407 e. The van der Waals surface area contributed by atoms with Crippen LogP contribution in [0.4, 0.5) is 10.5 Å². The molecule has 0 bridgehead atoms. The van der Waals surface area contributed by atoms with Crippen LogP contribution in [-0.2, 0) is 4.79 Å². The molecule has 2 N–H and O–H groups in total. The van der Waals surface area contributed by atoms with Crippen molar-refractivity contribution >= 4 is 34.9 Å². The summed E-state index contributed by atoms with van der Waals surface area (Å²) >= 11 is 5.83. The number of carbonyl (C=O) groups excluding carboxylic acids is 1. The van der Waals surface area contributed by atoms with E-state index in [1.54, 1.807) is 25.8 Å². The molecular formula is C31H35N3O3S. The van der Waals surface area contributed by atoms with Crippen LogP contribution in [0.25, 0.3) is 11.1 Å². The van der Waals surface area contributed by atoms with Gasteiger partial charge < -0.3 is 15.3 Å². The number of nitrogens with zero attached hydrogens (tertiary/aromatic N) is 2. The second-order valence-corrected chi connectivity index (χ2v) is 11.1. The van der Waals surface area contributed by atoms with Crippen LogP contribution in [0.15, 0.2) is 78.9 Å². The number of anilines is 1. The first-order valence-corrected chi connectivity index (χ1v) is 13.3. The van der Waals surface area contributed by atoms with Gasteiger partial charge in [0.05, 0.1) is 11.0 Å².